The predicted molar refractivity (Wildman–Crippen MR) is 74.8 cm³/mol. The Kier molecular flexibility index (Phi) is 5.72. The van der Waals surface area contributed by atoms with Crippen LogP contribution in [0.5, 0.6) is 0 Å². The maximum atomic E-state index is 11.7. The van der Waals surface area contributed by atoms with Gasteiger partial charge in [0, 0.05) is 4.47 Å². The second-order valence-corrected chi connectivity index (χ2v) is 6.71. The first-order valence-corrected chi connectivity index (χ1v) is 7.92. The van der Waals surface area contributed by atoms with Crippen molar-refractivity contribution in [3.63, 3.8) is 0 Å². The summed E-state index contributed by atoms with van der Waals surface area (Å²) in [5, 5.41) is 0.363. The van der Waals surface area contributed by atoms with E-state index in [1.165, 1.54) is 0 Å². The van der Waals surface area contributed by atoms with Gasteiger partial charge in [0.2, 0.25) is 10.0 Å². The summed E-state index contributed by atoms with van der Waals surface area (Å²) in [6.45, 7) is 0.495. The van der Waals surface area contributed by atoms with Crippen molar-refractivity contribution in [2.24, 2.45) is 5.73 Å². The molecular weight excluding hydrogens is 328 g/mol. The SMILES string of the molecule is NCCCCS(=O)(=O)Nc1ccc(Br)cc1Cl. The minimum absolute atomic E-state index is 0.0522. The normalized spacial score (nSPS) is 11.5. The van der Waals surface area contributed by atoms with Crippen LogP contribution in [0.15, 0.2) is 22.7 Å². The Bertz CT molecular complexity index is 479. The molecule has 1 aromatic carbocycles. The molecule has 1 rings (SSSR count). The van der Waals surface area contributed by atoms with Crippen LogP contribution in [0, 0.1) is 0 Å². The van der Waals surface area contributed by atoms with Crippen LogP contribution >= 0.6 is 27.5 Å². The van der Waals surface area contributed by atoms with Crippen LogP contribution < -0.4 is 10.5 Å². The lowest BCUT2D eigenvalue weighted by molar-refractivity contribution is 0.597. The number of nitrogens with two attached hydrogens (primary N) is 1. The molecule has 0 unspecified atom stereocenters. The standard InChI is InChI=1S/C10H14BrClN2O2S/c11-8-3-4-10(9(12)7-8)14-17(15,16)6-2-1-5-13/h3-4,7,14H,1-2,5-6,13H2. The molecule has 0 aliphatic rings. The molecular formula is C10H14BrClN2O2S. The summed E-state index contributed by atoms with van der Waals surface area (Å²) in [5.41, 5.74) is 5.70. The zero-order valence-corrected chi connectivity index (χ0v) is 12.3. The van der Waals surface area contributed by atoms with Crippen LogP contribution in [0.4, 0.5) is 5.69 Å². The molecule has 4 nitrogen and oxygen atoms in total. The second kappa shape index (κ2) is 6.58. The molecule has 17 heavy (non-hydrogen) atoms. The van der Waals surface area contributed by atoms with Gasteiger partial charge in [-0.1, -0.05) is 27.5 Å². The number of sulfonamides is 1. The molecule has 1 aromatic rings. The number of halogens is 2. The molecule has 0 aliphatic carbocycles. The van der Waals surface area contributed by atoms with Crippen LogP contribution in [0.25, 0.3) is 0 Å². The highest BCUT2D eigenvalue weighted by atomic mass is 79.9. The molecule has 0 heterocycles. The lowest BCUT2D eigenvalue weighted by atomic mass is 10.3. The van der Waals surface area contributed by atoms with Gasteiger partial charge in [0.15, 0.2) is 0 Å². The van der Waals surface area contributed by atoms with Crippen LogP contribution in [0.3, 0.4) is 0 Å². The summed E-state index contributed by atoms with van der Waals surface area (Å²) < 4.78 is 26.6. The minimum atomic E-state index is -3.35. The van der Waals surface area contributed by atoms with Crippen LogP contribution in [0.2, 0.25) is 5.02 Å². The topological polar surface area (TPSA) is 72.2 Å². The second-order valence-electron chi connectivity index (χ2n) is 3.54. The Morgan fingerprint density at radius 3 is 2.65 bits per heavy atom. The minimum Gasteiger partial charge on any atom is -0.330 e. The van der Waals surface area contributed by atoms with Crippen molar-refractivity contribution in [2.45, 2.75) is 12.8 Å². The van der Waals surface area contributed by atoms with Crippen LogP contribution in [-0.4, -0.2) is 20.7 Å². The van der Waals surface area contributed by atoms with E-state index in [0.717, 1.165) is 4.47 Å². The van der Waals surface area contributed by atoms with Crippen molar-refractivity contribution in [3.8, 4) is 0 Å². The maximum absolute atomic E-state index is 11.7. The van der Waals surface area contributed by atoms with Gasteiger partial charge in [-0.2, -0.15) is 0 Å². The number of nitrogens with one attached hydrogen (secondary N) is 1. The van der Waals surface area contributed by atoms with Crippen molar-refractivity contribution < 1.29 is 8.42 Å². The van der Waals surface area contributed by atoms with Gasteiger partial charge in [0.25, 0.3) is 0 Å². The third-order valence-corrected chi connectivity index (χ3v) is 4.23. The van der Waals surface area contributed by atoms with E-state index >= 15 is 0 Å². The molecule has 96 valence electrons. The smallest absolute Gasteiger partial charge is 0.232 e. The summed E-state index contributed by atoms with van der Waals surface area (Å²) in [5.74, 6) is 0.0522. The molecule has 7 heteroatoms. The first kappa shape index (κ1) is 14.8. The molecule has 0 aromatic heterocycles. The zero-order valence-electron chi connectivity index (χ0n) is 9.12. The number of rotatable bonds is 6. The fourth-order valence-corrected chi connectivity index (χ4v) is 3.20. The predicted octanol–water partition coefficient (Wildman–Crippen LogP) is 2.58. The number of hydrogen-bond acceptors (Lipinski definition) is 3. The van der Waals surface area contributed by atoms with Crippen molar-refractivity contribution in [3.05, 3.63) is 27.7 Å². The van der Waals surface area contributed by atoms with Gasteiger partial charge in [0.05, 0.1) is 16.5 Å². The average molecular weight is 342 g/mol. The molecule has 3 N–H and O–H groups in total. The maximum Gasteiger partial charge on any atom is 0.232 e. The van der Waals surface area contributed by atoms with E-state index < -0.39 is 10.0 Å². The van der Waals surface area contributed by atoms with E-state index in [0.29, 0.717) is 30.1 Å². The number of anilines is 1. The van der Waals surface area contributed by atoms with E-state index in [1.54, 1.807) is 18.2 Å². The fourth-order valence-electron chi connectivity index (χ4n) is 1.23. The highest BCUT2D eigenvalue weighted by Crippen LogP contribution is 2.26. The van der Waals surface area contributed by atoms with E-state index in [1.807, 2.05) is 0 Å². The summed E-state index contributed by atoms with van der Waals surface area (Å²) in [4.78, 5) is 0. The lowest BCUT2D eigenvalue weighted by Crippen LogP contribution is -2.17. The van der Waals surface area contributed by atoms with Gasteiger partial charge >= 0.3 is 0 Å². The third-order valence-electron chi connectivity index (χ3n) is 2.06. The average Bonchev–Trinajstić information content (AvgIpc) is 2.22. The van der Waals surface area contributed by atoms with E-state index in [2.05, 4.69) is 20.7 Å². The Morgan fingerprint density at radius 1 is 1.35 bits per heavy atom. The van der Waals surface area contributed by atoms with Gasteiger partial charge in [-0.25, -0.2) is 8.42 Å². The summed E-state index contributed by atoms with van der Waals surface area (Å²) in [7, 11) is -3.35. The van der Waals surface area contributed by atoms with Crippen LogP contribution in [-0.2, 0) is 10.0 Å². The molecule has 0 aliphatic heterocycles. The molecule has 0 bridgehead atoms. The Morgan fingerprint density at radius 2 is 2.06 bits per heavy atom. The number of unbranched alkanes of at least 4 members (excludes halogenated alkanes) is 1. The summed E-state index contributed by atoms with van der Waals surface area (Å²) >= 11 is 9.17. The van der Waals surface area contributed by atoms with Crippen LogP contribution in [0.1, 0.15) is 12.8 Å². The molecule has 0 saturated carbocycles. The summed E-state index contributed by atoms with van der Waals surface area (Å²) in [6.07, 6.45) is 1.23. The molecule has 0 saturated heterocycles. The quantitative estimate of drug-likeness (QED) is 0.781. The zero-order chi connectivity index (χ0) is 12.9. The molecule has 0 fully saturated rings. The molecule has 0 atom stereocenters. The monoisotopic (exact) mass is 340 g/mol. The van der Waals surface area contributed by atoms with Gasteiger partial charge in [-0.15, -0.1) is 0 Å². The van der Waals surface area contributed by atoms with Crippen molar-refractivity contribution >= 4 is 43.2 Å². The van der Waals surface area contributed by atoms with Gasteiger partial charge < -0.3 is 5.73 Å². The number of hydrogen-bond donors (Lipinski definition) is 2. The Balaban J connectivity index is 2.69. The highest BCUT2D eigenvalue weighted by molar-refractivity contribution is 9.10. The van der Waals surface area contributed by atoms with E-state index in [4.69, 9.17) is 17.3 Å². The van der Waals surface area contributed by atoms with Gasteiger partial charge in [-0.3, -0.25) is 4.72 Å². The summed E-state index contributed by atoms with van der Waals surface area (Å²) in [6, 6.07) is 4.98. The van der Waals surface area contributed by atoms with Crippen molar-refractivity contribution in [2.75, 3.05) is 17.0 Å². The third kappa shape index (κ3) is 5.25. The lowest BCUT2D eigenvalue weighted by Gasteiger charge is -2.09. The van der Waals surface area contributed by atoms with Gasteiger partial charge in [-0.05, 0) is 37.6 Å². The Hall–Kier alpha value is -0.300. The van der Waals surface area contributed by atoms with Crippen molar-refractivity contribution in [1.82, 2.24) is 0 Å². The van der Waals surface area contributed by atoms with Crippen molar-refractivity contribution in [1.29, 1.82) is 0 Å². The Labute approximate surface area is 115 Å². The fraction of sp³-hybridized carbons (Fsp3) is 0.400. The number of benzene rings is 1. The first-order chi connectivity index (χ1) is 7.94. The van der Waals surface area contributed by atoms with E-state index in [-0.39, 0.29) is 5.75 Å². The highest BCUT2D eigenvalue weighted by Gasteiger charge is 2.12. The largest absolute Gasteiger partial charge is 0.330 e. The molecule has 0 spiro atoms. The van der Waals surface area contributed by atoms with E-state index in [9.17, 15) is 8.42 Å². The van der Waals surface area contributed by atoms with Gasteiger partial charge in [0.1, 0.15) is 0 Å². The molecule has 0 radical (unpaired) electrons. The first-order valence-electron chi connectivity index (χ1n) is 5.10. The molecule has 0 amide bonds.